The van der Waals surface area contributed by atoms with Crippen molar-refractivity contribution >= 4 is 11.6 Å². The van der Waals surface area contributed by atoms with Gasteiger partial charge in [-0.3, -0.25) is 4.79 Å². The molecule has 2 aliphatic rings. The van der Waals surface area contributed by atoms with Crippen molar-refractivity contribution in [2.24, 2.45) is 0 Å². The van der Waals surface area contributed by atoms with E-state index in [-0.39, 0.29) is 5.91 Å². The number of hydrogen-bond acceptors (Lipinski definition) is 3. The lowest BCUT2D eigenvalue weighted by Gasteiger charge is -2.27. The molecule has 4 heteroatoms. The number of para-hydroxylation sites is 1. The van der Waals surface area contributed by atoms with Gasteiger partial charge in [-0.2, -0.15) is 0 Å². The van der Waals surface area contributed by atoms with E-state index >= 15 is 0 Å². The first-order chi connectivity index (χ1) is 9.34. The van der Waals surface area contributed by atoms with Gasteiger partial charge in [0.05, 0.1) is 0 Å². The monoisotopic (exact) mass is 259 g/mol. The van der Waals surface area contributed by atoms with Crippen molar-refractivity contribution in [1.82, 2.24) is 10.2 Å². The molecular weight excluding hydrogens is 238 g/mol. The van der Waals surface area contributed by atoms with Crippen LogP contribution < -0.4 is 10.6 Å². The van der Waals surface area contributed by atoms with Crippen molar-refractivity contribution in [2.45, 2.75) is 19.3 Å². The van der Waals surface area contributed by atoms with Crippen LogP contribution in [0.2, 0.25) is 0 Å². The number of hydrogen-bond donors (Lipinski definition) is 2. The molecule has 19 heavy (non-hydrogen) atoms. The lowest BCUT2D eigenvalue weighted by atomic mass is 10.0. The van der Waals surface area contributed by atoms with Gasteiger partial charge in [-0.25, -0.2) is 0 Å². The molecule has 1 saturated heterocycles. The Morgan fingerprint density at radius 1 is 1.21 bits per heavy atom. The van der Waals surface area contributed by atoms with Gasteiger partial charge in [-0.1, -0.05) is 18.2 Å². The molecular formula is C15H21N3O. The van der Waals surface area contributed by atoms with E-state index in [1.54, 1.807) is 0 Å². The predicted molar refractivity (Wildman–Crippen MR) is 76.4 cm³/mol. The largest absolute Gasteiger partial charge is 0.384 e. The summed E-state index contributed by atoms with van der Waals surface area (Å²) in [5, 5.41) is 6.71. The van der Waals surface area contributed by atoms with E-state index < -0.39 is 0 Å². The molecule has 4 nitrogen and oxygen atoms in total. The molecule has 2 heterocycles. The van der Waals surface area contributed by atoms with Crippen molar-refractivity contribution in [3.8, 4) is 0 Å². The molecule has 0 unspecified atom stereocenters. The number of rotatable bonds is 3. The number of amides is 1. The number of carbonyl (C=O) groups excluding carboxylic acids is 1. The Bertz CT molecular complexity index is 466. The SMILES string of the molecule is O=C(CCc1cccc2c1NCC2)N1CCNCC1. The van der Waals surface area contributed by atoms with Gasteiger partial charge in [-0.15, -0.1) is 0 Å². The van der Waals surface area contributed by atoms with Crippen LogP contribution in [0.1, 0.15) is 17.5 Å². The molecule has 1 fully saturated rings. The molecule has 2 N–H and O–H groups in total. The van der Waals surface area contributed by atoms with E-state index in [2.05, 4.69) is 28.8 Å². The van der Waals surface area contributed by atoms with Gasteiger partial charge in [0.15, 0.2) is 0 Å². The second-order valence-corrected chi connectivity index (χ2v) is 5.26. The van der Waals surface area contributed by atoms with Crippen LogP contribution in [-0.4, -0.2) is 43.5 Å². The summed E-state index contributed by atoms with van der Waals surface area (Å²) in [6.45, 7) is 4.58. The number of carbonyl (C=O) groups is 1. The summed E-state index contributed by atoms with van der Waals surface area (Å²) < 4.78 is 0. The minimum absolute atomic E-state index is 0.289. The zero-order valence-corrected chi connectivity index (χ0v) is 11.2. The van der Waals surface area contributed by atoms with Gasteiger partial charge in [0, 0.05) is 44.8 Å². The first kappa shape index (κ1) is 12.5. The van der Waals surface area contributed by atoms with Gasteiger partial charge in [0.1, 0.15) is 0 Å². The van der Waals surface area contributed by atoms with E-state index in [1.807, 2.05) is 4.90 Å². The Morgan fingerprint density at radius 2 is 2.05 bits per heavy atom. The lowest BCUT2D eigenvalue weighted by Crippen LogP contribution is -2.46. The van der Waals surface area contributed by atoms with E-state index in [4.69, 9.17) is 0 Å². The van der Waals surface area contributed by atoms with Gasteiger partial charge >= 0.3 is 0 Å². The van der Waals surface area contributed by atoms with Crippen LogP contribution in [0.15, 0.2) is 18.2 Å². The molecule has 1 aromatic rings. The maximum atomic E-state index is 12.1. The average Bonchev–Trinajstić information content (AvgIpc) is 2.94. The molecule has 0 aromatic heterocycles. The molecule has 0 atom stereocenters. The number of anilines is 1. The third-order valence-electron chi connectivity index (χ3n) is 4.01. The summed E-state index contributed by atoms with van der Waals surface area (Å²) in [6, 6.07) is 6.43. The highest BCUT2D eigenvalue weighted by Gasteiger charge is 2.18. The van der Waals surface area contributed by atoms with Crippen LogP contribution in [0.4, 0.5) is 5.69 Å². The van der Waals surface area contributed by atoms with E-state index in [9.17, 15) is 4.79 Å². The zero-order valence-electron chi connectivity index (χ0n) is 11.2. The Morgan fingerprint density at radius 3 is 2.89 bits per heavy atom. The first-order valence-corrected chi connectivity index (χ1v) is 7.18. The van der Waals surface area contributed by atoms with Gasteiger partial charge in [0.2, 0.25) is 5.91 Å². The summed E-state index contributed by atoms with van der Waals surface area (Å²) in [6.07, 6.45) is 2.58. The zero-order chi connectivity index (χ0) is 13.1. The van der Waals surface area contributed by atoms with E-state index in [0.717, 1.165) is 45.6 Å². The molecule has 0 radical (unpaired) electrons. The van der Waals surface area contributed by atoms with Gasteiger partial charge < -0.3 is 15.5 Å². The molecule has 3 rings (SSSR count). The first-order valence-electron chi connectivity index (χ1n) is 7.18. The third-order valence-corrected chi connectivity index (χ3v) is 4.01. The highest BCUT2D eigenvalue weighted by molar-refractivity contribution is 5.77. The van der Waals surface area contributed by atoms with Crippen molar-refractivity contribution < 1.29 is 4.79 Å². The molecule has 2 aliphatic heterocycles. The number of nitrogens with zero attached hydrogens (tertiary/aromatic N) is 1. The number of aryl methyl sites for hydroxylation is 1. The fraction of sp³-hybridized carbons (Fsp3) is 0.533. The predicted octanol–water partition coefficient (Wildman–Crippen LogP) is 1.02. The molecule has 102 valence electrons. The highest BCUT2D eigenvalue weighted by atomic mass is 16.2. The van der Waals surface area contributed by atoms with Crippen molar-refractivity contribution in [1.29, 1.82) is 0 Å². The third kappa shape index (κ3) is 2.73. The Kier molecular flexibility index (Phi) is 3.69. The second kappa shape index (κ2) is 5.61. The van der Waals surface area contributed by atoms with Crippen LogP contribution in [0.25, 0.3) is 0 Å². The lowest BCUT2D eigenvalue weighted by molar-refractivity contribution is -0.131. The average molecular weight is 259 g/mol. The summed E-state index contributed by atoms with van der Waals surface area (Å²) in [7, 11) is 0. The minimum Gasteiger partial charge on any atom is -0.384 e. The molecule has 0 saturated carbocycles. The Balaban J connectivity index is 1.60. The standard InChI is InChI=1S/C15H21N3O/c19-14(18-10-8-16-9-11-18)5-4-12-2-1-3-13-6-7-17-15(12)13/h1-3,16-17H,4-11H2. The van der Waals surface area contributed by atoms with Crippen LogP contribution in [-0.2, 0) is 17.6 Å². The molecule has 0 bridgehead atoms. The number of nitrogens with one attached hydrogen (secondary N) is 2. The van der Waals surface area contributed by atoms with Crippen LogP contribution >= 0.6 is 0 Å². The number of fused-ring (bicyclic) bond motifs is 1. The topological polar surface area (TPSA) is 44.4 Å². The summed E-state index contributed by atoms with van der Waals surface area (Å²) in [5.41, 5.74) is 3.96. The van der Waals surface area contributed by atoms with Crippen molar-refractivity contribution in [3.63, 3.8) is 0 Å². The van der Waals surface area contributed by atoms with E-state index in [0.29, 0.717) is 6.42 Å². The highest BCUT2D eigenvalue weighted by Crippen LogP contribution is 2.27. The van der Waals surface area contributed by atoms with Gasteiger partial charge in [0.25, 0.3) is 0 Å². The smallest absolute Gasteiger partial charge is 0.222 e. The fourth-order valence-corrected chi connectivity index (χ4v) is 2.93. The molecule has 1 amide bonds. The van der Waals surface area contributed by atoms with Crippen molar-refractivity contribution in [3.05, 3.63) is 29.3 Å². The number of benzene rings is 1. The molecule has 0 spiro atoms. The summed E-state index contributed by atoms with van der Waals surface area (Å²) >= 11 is 0. The Labute approximate surface area is 114 Å². The molecule has 0 aliphatic carbocycles. The molecule has 1 aromatic carbocycles. The number of piperazine rings is 1. The van der Waals surface area contributed by atoms with Crippen molar-refractivity contribution in [2.75, 3.05) is 38.0 Å². The second-order valence-electron chi connectivity index (χ2n) is 5.26. The van der Waals surface area contributed by atoms with Crippen LogP contribution in [0, 0.1) is 0 Å². The summed E-state index contributed by atoms with van der Waals surface area (Å²) in [4.78, 5) is 14.1. The van der Waals surface area contributed by atoms with E-state index in [1.165, 1.54) is 16.8 Å². The normalized spacial score (nSPS) is 18.0. The van der Waals surface area contributed by atoms with Gasteiger partial charge in [-0.05, 0) is 24.0 Å². The fourth-order valence-electron chi connectivity index (χ4n) is 2.93. The maximum absolute atomic E-state index is 12.1. The van der Waals surface area contributed by atoms with Crippen LogP contribution in [0.5, 0.6) is 0 Å². The minimum atomic E-state index is 0.289. The maximum Gasteiger partial charge on any atom is 0.222 e. The quantitative estimate of drug-likeness (QED) is 0.852. The Hall–Kier alpha value is -1.55. The summed E-state index contributed by atoms with van der Waals surface area (Å²) in [5.74, 6) is 0.289. The van der Waals surface area contributed by atoms with Crippen LogP contribution in [0.3, 0.4) is 0 Å².